The van der Waals surface area contributed by atoms with Gasteiger partial charge in [0.1, 0.15) is 5.75 Å². The van der Waals surface area contributed by atoms with Crippen LogP contribution in [0.3, 0.4) is 0 Å². The second kappa shape index (κ2) is 4.21. The Morgan fingerprint density at radius 1 is 0.789 bits per heavy atom. The van der Waals surface area contributed by atoms with Gasteiger partial charge in [-0.2, -0.15) is 0 Å². The molecular weight excluding hydrogens is 240 g/mol. The lowest BCUT2D eigenvalue weighted by atomic mass is 10.0. The molecule has 2 aromatic rings. The first kappa shape index (κ1) is 11.4. The quantitative estimate of drug-likeness (QED) is 0.625. The van der Waals surface area contributed by atoms with Crippen molar-refractivity contribution in [3.05, 3.63) is 65.2 Å². The molecule has 0 spiro atoms. The molecule has 92 valence electrons. The molecule has 0 aromatic heterocycles. The molecule has 2 aromatic carbocycles. The summed E-state index contributed by atoms with van der Waals surface area (Å²) >= 11 is 0. The first-order chi connectivity index (χ1) is 9.18. The summed E-state index contributed by atoms with van der Waals surface area (Å²) in [4.78, 5) is 23.8. The maximum absolute atomic E-state index is 12.0. The minimum atomic E-state index is -0.524. The van der Waals surface area contributed by atoms with Crippen LogP contribution >= 0.6 is 0 Å². The summed E-state index contributed by atoms with van der Waals surface area (Å²) in [6.07, 6.45) is 1.56. The Morgan fingerprint density at radius 2 is 1.42 bits per heavy atom. The molecule has 3 heteroatoms. The van der Waals surface area contributed by atoms with Crippen molar-refractivity contribution in [3.8, 4) is 5.75 Å². The van der Waals surface area contributed by atoms with Crippen LogP contribution in [-0.4, -0.2) is 16.7 Å². The third kappa shape index (κ3) is 1.76. The van der Waals surface area contributed by atoms with Gasteiger partial charge in [0.15, 0.2) is 0 Å². The van der Waals surface area contributed by atoms with E-state index in [4.69, 9.17) is 0 Å². The number of carbonyl (C=O) groups excluding carboxylic acids is 2. The van der Waals surface area contributed by atoms with Gasteiger partial charge in [-0.05, 0) is 17.7 Å². The van der Waals surface area contributed by atoms with E-state index in [9.17, 15) is 14.7 Å². The van der Waals surface area contributed by atoms with Crippen molar-refractivity contribution in [1.82, 2.24) is 0 Å². The lowest BCUT2D eigenvalue weighted by Gasteiger charge is -2.01. The Kier molecular flexibility index (Phi) is 2.53. The van der Waals surface area contributed by atoms with Gasteiger partial charge in [0.05, 0.1) is 0 Å². The molecule has 1 aliphatic carbocycles. The number of para-hydroxylation sites is 1. The molecule has 0 amide bonds. The second-order valence-electron chi connectivity index (χ2n) is 4.32. The van der Waals surface area contributed by atoms with Crippen molar-refractivity contribution in [2.24, 2.45) is 0 Å². The molecule has 0 radical (unpaired) electrons. The van der Waals surface area contributed by atoms with Crippen LogP contribution in [0.5, 0.6) is 5.75 Å². The Morgan fingerprint density at radius 3 is 2.16 bits per heavy atom. The minimum Gasteiger partial charge on any atom is -0.507 e. The Hall–Kier alpha value is -2.68. The van der Waals surface area contributed by atoms with Crippen LogP contribution in [0.15, 0.2) is 48.5 Å². The van der Waals surface area contributed by atoms with E-state index in [1.807, 2.05) is 0 Å². The molecule has 0 fully saturated rings. The molecule has 1 aliphatic rings. The SMILES string of the molecule is O=C1C(=O)c2ccccc2C1=Cc1ccccc1O. The number of ketones is 2. The number of hydrogen-bond donors (Lipinski definition) is 1. The van der Waals surface area contributed by atoms with E-state index < -0.39 is 11.6 Å². The van der Waals surface area contributed by atoms with E-state index in [0.717, 1.165) is 0 Å². The van der Waals surface area contributed by atoms with E-state index >= 15 is 0 Å². The fraction of sp³-hybridized carbons (Fsp3) is 0. The molecule has 3 nitrogen and oxygen atoms in total. The summed E-state index contributed by atoms with van der Waals surface area (Å²) in [7, 11) is 0. The fourth-order valence-electron chi connectivity index (χ4n) is 2.19. The van der Waals surface area contributed by atoms with Crippen molar-refractivity contribution in [2.45, 2.75) is 0 Å². The number of hydrogen-bond acceptors (Lipinski definition) is 3. The highest BCUT2D eigenvalue weighted by atomic mass is 16.3. The molecule has 3 rings (SSSR count). The van der Waals surface area contributed by atoms with Crippen molar-refractivity contribution in [3.63, 3.8) is 0 Å². The van der Waals surface area contributed by atoms with Gasteiger partial charge in [-0.15, -0.1) is 0 Å². The maximum atomic E-state index is 12.0. The predicted molar refractivity (Wildman–Crippen MR) is 71.8 cm³/mol. The molecule has 0 aliphatic heterocycles. The zero-order chi connectivity index (χ0) is 13.4. The largest absolute Gasteiger partial charge is 0.507 e. The number of phenols is 1. The van der Waals surface area contributed by atoms with E-state index in [2.05, 4.69) is 0 Å². The number of allylic oxidation sites excluding steroid dienone is 1. The minimum absolute atomic E-state index is 0.0830. The Labute approximate surface area is 109 Å². The summed E-state index contributed by atoms with van der Waals surface area (Å²) in [5.74, 6) is -0.929. The van der Waals surface area contributed by atoms with Crippen LogP contribution in [0.25, 0.3) is 11.6 Å². The number of phenolic OH excluding ortho intramolecular Hbond substituents is 1. The number of carbonyl (C=O) groups is 2. The smallest absolute Gasteiger partial charge is 0.234 e. The van der Waals surface area contributed by atoms with E-state index in [1.165, 1.54) is 0 Å². The molecule has 1 N–H and O–H groups in total. The summed E-state index contributed by atoms with van der Waals surface area (Å²) in [6.45, 7) is 0. The number of rotatable bonds is 1. The molecule has 0 heterocycles. The number of benzene rings is 2. The van der Waals surface area contributed by atoms with Gasteiger partial charge in [-0.1, -0.05) is 42.5 Å². The van der Waals surface area contributed by atoms with Gasteiger partial charge < -0.3 is 5.11 Å². The van der Waals surface area contributed by atoms with Crippen LogP contribution in [0.1, 0.15) is 21.5 Å². The Bertz CT molecular complexity index is 726. The number of aromatic hydroxyl groups is 1. The topological polar surface area (TPSA) is 54.4 Å². The van der Waals surface area contributed by atoms with E-state index in [-0.39, 0.29) is 5.75 Å². The van der Waals surface area contributed by atoms with Gasteiger partial charge in [0.2, 0.25) is 11.6 Å². The first-order valence-corrected chi connectivity index (χ1v) is 5.86. The molecule has 19 heavy (non-hydrogen) atoms. The molecule has 0 saturated carbocycles. The third-order valence-corrected chi connectivity index (χ3v) is 3.15. The van der Waals surface area contributed by atoms with Gasteiger partial charge in [-0.25, -0.2) is 0 Å². The summed E-state index contributed by atoms with van der Waals surface area (Å²) in [6, 6.07) is 13.6. The van der Waals surface area contributed by atoms with E-state index in [0.29, 0.717) is 22.3 Å². The highest BCUT2D eigenvalue weighted by molar-refractivity contribution is 6.64. The van der Waals surface area contributed by atoms with Gasteiger partial charge in [0, 0.05) is 16.7 Å². The van der Waals surface area contributed by atoms with Crippen molar-refractivity contribution < 1.29 is 14.7 Å². The zero-order valence-corrected chi connectivity index (χ0v) is 9.96. The third-order valence-electron chi connectivity index (χ3n) is 3.15. The molecular formula is C16H10O3. The zero-order valence-electron chi connectivity index (χ0n) is 9.96. The van der Waals surface area contributed by atoms with Crippen LogP contribution in [0.2, 0.25) is 0 Å². The van der Waals surface area contributed by atoms with Gasteiger partial charge in [0.25, 0.3) is 0 Å². The average Bonchev–Trinajstić information content (AvgIpc) is 2.67. The number of fused-ring (bicyclic) bond motifs is 1. The van der Waals surface area contributed by atoms with Crippen molar-refractivity contribution in [1.29, 1.82) is 0 Å². The Balaban J connectivity index is 2.19. The lowest BCUT2D eigenvalue weighted by Crippen LogP contribution is -2.05. The van der Waals surface area contributed by atoms with Crippen molar-refractivity contribution in [2.75, 3.05) is 0 Å². The van der Waals surface area contributed by atoms with Crippen LogP contribution in [0, 0.1) is 0 Å². The number of Topliss-reactive ketones (excluding diaryl/α,β-unsaturated/α-hetero) is 2. The summed E-state index contributed by atoms with van der Waals surface area (Å²) in [5, 5.41) is 9.73. The second-order valence-corrected chi connectivity index (χ2v) is 4.32. The fourth-order valence-corrected chi connectivity index (χ4v) is 2.19. The summed E-state index contributed by atoms with van der Waals surface area (Å²) < 4.78 is 0. The molecule has 0 unspecified atom stereocenters. The predicted octanol–water partition coefficient (Wildman–Crippen LogP) is 2.70. The molecule has 0 atom stereocenters. The normalized spacial score (nSPS) is 15.9. The monoisotopic (exact) mass is 250 g/mol. The highest BCUT2D eigenvalue weighted by Gasteiger charge is 2.32. The van der Waals surface area contributed by atoms with Crippen LogP contribution < -0.4 is 0 Å². The lowest BCUT2D eigenvalue weighted by molar-refractivity contribution is -0.109. The highest BCUT2D eigenvalue weighted by Crippen LogP contribution is 2.32. The molecule has 0 saturated heterocycles. The van der Waals surface area contributed by atoms with Gasteiger partial charge >= 0.3 is 0 Å². The average molecular weight is 250 g/mol. The van der Waals surface area contributed by atoms with Crippen molar-refractivity contribution >= 4 is 23.2 Å². The van der Waals surface area contributed by atoms with Gasteiger partial charge in [-0.3, -0.25) is 9.59 Å². The summed E-state index contributed by atoms with van der Waals surface area (Å²) in [5.41, 5.74) is 1.91. The van der Waals surface area contributed by atoms with Crippen LogP contribution in [0.4, 0.5) is 0 Å². The molecule has 0 bridgehead atoms. The first-order valence-electron chi connectivity index (χ1n) is 5.86. The standard InChI is InChI=1S/C16H10O3/c17-14-8-4-1-5-10(14)9-13-11-6-2-3-7-12(11)15(18)16(13)19/h1-9,17H. The van der Waals surface area contributed by atoms with Crippen LogP contribution in [-0.2, 0) is 4.79 Å². The van der Waals surface area contributed by atoms with E-state index in [1.54, 1.807) is 54.6 Å². The maximum Gasteiger partial charge on any atom is 0.234 e.